The van der Waals surface area contributed by atoms with E-state index in [1.807, 2.05) is 0 Å². The van der Waals surface area contributed by atoms with E-state index < -0.39 is 0 Å². The highest BCUT2D eigenvalue weighted by atomic mass is 32.2. The average molecular weight is 309 g/mol. The molecule has 1 aliphatic rings. The van der Waals surface area contributed by atoms with Gasteiger partial charge in [0.2, 0.25) is 0 Å². The first-order chi connectivity index (χ1) is 9.77. The van der Waals surface area contributed by atoms with Crippen molar-refractivity contribution in [3.8, 4) is 0 Å². The van der Waals surface area contributed by atoms with Gasteiger partial charge in [-0.15, -0.1) is 0 Å². The zero-order valence-corrected chi connectivity index (χ0v) is 14.7. The molecule has 0 saturated heterocycles. The second-order valence-electron chi connectivity index (χ2n) is 5.93. The summed E-state index contributed by atoms with van der Waals surface area (Å²) in [5.41, 5.74) is 6.12. The third kappa shape index (κ3) is 5.37. The van der Waals surface area contributed by atoms with Crippen molar-refractivity contribution in [1.82, 2.24) is 0 Å². The Kier molecular flexibility index (Phi) is 7.37. The van der Waals surface area contributed by atoms with E-state index in [4.69, 9.17) is 0 Å². The van der Waals surface area contributed by atoms with Crippen LogP contribution in [0, 0.1) is 13.8 Å². The predicted molar refractivity (Wildman–Crippen MR) is 95.9 cm³/mol. The molecule has 2 heteroatoms. The Labute approximate surface area is 133 Å². The molecule has 0 fully saturated rings. The number of hydrogen-bond acceptors (Lipinski definition) is 2. The topological polar surface area (TPSA) is 0 Å². The Morgan fingerprint density at radius 2 is 1.15 bits per heavy atom. The van der Waals surface area contributed by atoms with Crippen molar-refractivity contribution in [2.24, 2.45) is 0 Å². The van der Waals surface area contributed by atoms with E-state index in [2.05, 4.69) is 49.5 Å². The molecule has 0 nitrogen and oxygen atoms in total. The van der Waals surface area contributed by atoms with Gasteiger partial charge in [0, 0.05) is 11.5 Å². The summed E-state index contributed by atoms with van der Waals surface area (Å²) in [6.45, 7) is 4.57. The maximum atomic E-state index is 2.40. The maximum absolute atomic E-state index is 2.40. The number of benzene rings is 1. The molecule has 0 saturated carbocycles. The van der Waals surface area contributed by atoms with Gasteiger partial charge in [0.25, 0.3) is 0 Å². The normalized spacial score (nSPS) is 19.1. The summed E-state index contributed by atoms with van der Waals surface area (Å²) in [5.74, 6) is 5.06. The molecule has 1 aromatic rings. The monoisotopic (exact) mass is 308 g/mol. The summed E-state index contributed by atoms with van der Waals surface area (Å²) in [6.07, 6.45) is 8.54. The van der Waals surface area contributed by atoms with Gasteiger partial charge in [0.05, 0.1) is 0 Å². The quantitative estimate of drug-likeness (QED) is 0.566. The van der Waals surface area contributed by atoms with Crippen LogP contribution in [0.5, 0.6) is 0 Å². The van der Waals surface area contributed by atoms with Crippen molar-refractivity contribution in [2.45, 2.75) is 63.9 Å². The largest absolute Gasteiger partial charge is 0.157 e. The second kappa shape index (κ2) is 9.04. The molecule has 0 aliphatic carbocycles. The minimum Gasteiger partial charge on any atom is -0.157 e. The van der Waals surface area contributed by atoms with Crippen LogP contribution in [0.4, 0.5) is 0 Å². The molecule has 1 aliphatic heterocycles. The highest BCUT2D eigenvalue weighted by molar-refractivity contribution is 7.98. The first-order valence-electron chi connectivity index (χ1n) is 8.02. The summed E-state index contributed by atoms with van der Waals surface area (Å²) in [6, 6.07) is 4.79. The van der Waals surface area contributed by atoms with E-state index in [1.54, 1.807) is 16.7 Å². The Balaban J connectivity index is 2.04. The SMILES string of the molecule is Cc1cc2c(C)c(c1)CSCCCCCCCCSC2. The van der Waals surface area contributed by atoms with Crippen LogP contribution >= 0.6 is 23.5 Å². The summed E-state index contributed by atoms with van der Waals surface area (Å²) in [4.78, 5) is 0. The summed E-state index contributed by atoms with van der Waals surface area (Å²) in [5, 5.41) is 0. The predicted octanol–water partition coefficient (Wildman–Crippen LogP) is 6.12. The van der Waals surface area contributed by atoms with E-state index in [0.29, 0.717) is 0 Å². The number of hydrogen-bond donors (Lipinski definition) is 0. The summed E-state index contributed by atoms with van der Waals surface area (Å²) >= 11 is 4.25. The smallest absolute Gasteiger partial charge is 0.0187 e. The molecule has 2 bridgehead atoms. The van der Waals surface area contributed by atoms with Crippen molar-refractivity contribution in [2.75, 3.05) is 11.5 Å². The van der Waals surface area contributed by atoms with E-state index in [1.165, 1.54) is 67.1 Å². The van der Waals surface area contributed by atoms with Gasteiger partial charge in [-0.1, -0.05) is 43.4 Å². The van der Waals surface area contributed by atoms with E-state index in [9.17, 15) is 0 Å². The second-order valence-corrected chi connectivity index (χ2v) is 8.15. The first kappa shape index (κ1) is 16.3. The fourth-order valence-corrected chi connectivity index (χ4v) is 4.94. The Hall–Kier alpha value is -0.0800. The van der Waals surface area contributed by atoms with Gasteiger partial charge in [-0.05, 0) is 54.9 Å². The first-order valence-corrected chi connectivity index (χ1v) is 10.3. The van der Waals surface area contributed by atoms with E-state index in [0.717, 1.165) is 0 Å². The van der Waals surface area contributed by atoms with Gasteiger partial charge < -0.3 is 0 Å². The molecule has 20 heavy (non-hydrogen) atoms. The van der Waals surface area contributed by atoms with Crippen LogP contribution in [0.3, 0.4) is 0 Å². The molecule has 1 heterocycles. The van der Waals surface area contributed by atoms with Crippen molar-refractivity contribution >= 4 is 23.5 Å². The van der Waals surface area contributed by atoms with Crippen LogP contribution in [0.1, 0.15) is 60.8 Å². The third-order valence-corrected chi connectivity index (χ3v) is 6.29. The van der Waals surface area contributed by atoms with E-state index >= 15 is 0 Å². The van der Waals surface area contributed by atoms with Gasteiger partial charge >= 0.3 is 0 Å². The molecule has 1 aromatic carbocycles. The molecule has 0 amide bonds. The van der Waals surface area contributed by atoms with Crippen LogP contribution in [0.2, 0.25) is 0 Å². The van der Waals surface area contributed by atoms with Crippen LogP contribution in [-0.4, -0.2) is 11.5 Å². The molecular formula is C18H28S2. The molecule has 0 aromatic heterocycles. The lowest BCUT2D eigenvalue weighted by atomic mass is 10.0. The zero-order chi connectivity index (χ0) is 14.2. The lowest BCUT2D eigenvalue weighted by Gasteiger charge is -2.13. The van der Waals surface area contributed by atoms with Gasteiger partial charge in [-0.25, -0.2) is 0 Å². The van der Waals surface area contributed by atoms with Crippen molar-refractivity contribution in [3.63, 3.8) is 0 Å². The van der Waals surface area contributed by atoms with Crippen molar-refractivity contribution in [1.29, 1.82) is 0 Å². The molecule has 0 radical (unpaired) electrons. The molecular weight excluding hydrogens is 280 g/mol. The number of rotatable bonds is 0. The van der Waals surface area contributed by atoms with Gasteiger partial charge in [0.1, 0.15) is 0 Å². The third-order valence-electron chi connectivity index (χ3n) is 4.11. The zero-order valence-electron chi connectivity index (χ0n) is 13.0. The van der Waals surface area contributed by atoms with Crippen molar-refractivity contribution < 1.29 is 0 Å². The molecule has 112 valence electrons. The molecule has 0 unspecified atom stereocenters. The number of fused-ring (bicyclic) bond motifs is 2. The Morgan fingerprint density at radius 1 is 0.700 bits per heavy atom. The molecule has 0 spiro atoms. The van der Waals surface area contributed by atoms with Crippen LogP contribution in [0.15, 0.2) is 12.1 Å². The average Bonchev–Trinajstić information content (AvgIpc) is 2.43. The van der Waals surface area contributed by atoms with Crippen LogP contribution < -0.4 is 0 Å². The lowest BCUT2D eigenvalue weighted by molar-refractivity contribution is 0.629. The highest BCUT2D eigenvalue weighted by Gasteiger charge is 2.07. The highest BCUT2D eigenvalue weighted by Crippen LogP contribution is 2.26. The lowest BCUT2D eigenvalue weighted by Crippen LogP contribution is -1.96. The van der Waals surface area contributed by atoms with Gasteiger partial charge in [-0.3, -0.25) is 0 Å². The maximum Gasteiger partial charge on any atom is 0.0187 e. The standard InChI is InChI=1S/C18H28S2/c1-15-11-17-13-19-9-7-5-3-4-6-8-10-20-14-18(12-15)16(17)2/h11-12H,3-10,13-14H2,1-2H3. The summed E-state index contributed by atoms with van der Waals surface area (Å²) < 4.78 is 0. The van der Waals surface area contributed by atoms with Gasteiger partial charge in [0.15, 0.2) is 0 Å². The van der Waals surface area contributed by atoms with Crippen LogP contribution in [-0.2, 0) is 11.5 Å². The minimum atomic E-state index is 1.20. The fourth-order valence-electron chi connectivity index (χ4n) is 2.79. The molecule has 2 rings (SSSR count). The fraction of sp³-hybridized carbons (Fsp3) is 0.667. The molecule has 0 atom stereocenters. The summed E-state index contributed by atoms with van der Waals surface area (Å²) in [7, 11) is 0. The minimum absolute atomic E-state index is 1.20. The van der Waals surface area contributed by atoms with Crippen molar-refractivity contribution in [3.05, 3.63) is 34.4 Å². The molecule has 0 N–H and O–H groups in total. The van der Waals surface area contributed by atoms with Gasteiger partial charge in [-0.2, -0.15) is 23.5 Å². The Bertz CT molecular complexity index is 377. The van der Waals surface area contributed by atoms with E-state index in [-0.39, 0.29) is 0 Å². The van der Waals surface area contributed by atoms with Crippen LogP contribution in [0.25, 0.3) is 0 Å². The number of thioether (sulfide) groups is 2. The Morgan fingerprint density at radius 3 is 1.65 bits per heavy atom. The number of aryl methyl sites for hydroxylation is 1.